The number of hydrogen-bond acceptors (Lipinski definition) is 1. The van der Waals surface area contributed by atoms with Crippen LogP contribution in [0.15, 0.2) is 18.2 Å². The van der Waals surface area contributed by atoms with Gasteiger partial charge in [0, 0.05) is 18.2 Å². The maximum absolute atomic E-state index is 12.8. The Labute approximate surface area is 122 Å². The molecule has 0 radical (unpaired) electrons. The van der Waals surface area contributed by atoms with Crippen molar-refractivity contribution < 1.29 is 4.79 Å². The molecule has 3 rings (SSSR count). The average molecular weight is 271 g/mol. The summed E-state index contributed by atoms with van der Waals surface area (Å²) in [5, 5.41) is 0. The topological polar surface area (TPSA) is 20.3 Å². The van der Waals surface area contributed by atoms with E-state index < -0.39 is 0 Å². The van der Waals surface area contributed by atoms with Gasteiger partial charge in [0.1, 0.15) is 0 Å². The van der Waals surface area contributed by atoms with Crippen molar-refractivity contribution in [1.82, 2.24) is 4.90 Å². The van der Waals surface area contributed by atoms with E-state index in [4.69, 9.17) is 0 Å². The van der Waals surface area contributed by atoms with E-state index in [9.17, 15) is 4.79 Å². The van der Waals surface area contributed by atoms with Crippen LogP contribution in [0.2, 0.25) is 0 Å². The highest BCUT2D eigenvalue weighted by molar-refractivity contribution is 5.94. The summed E-state index contributed by atoms with van der Waals surface area (Å²) in [5.41, 5.74) is 3.77. The first-order valence-electron chi connectivity index (χ1n) is 8.22. The lowest BCUT2D eigenvalue weighted by Crippen LogP contribution is -2.43. The molecule has 20 heavy (non-hydrogen) atoms. The van der Waals surface area contributed by atoms with Gasteiger partial charge in [0.05, 0.1) is 0 Å². The van der Waals surface area contributed by atoms with E-state index in [0.717, 1.165) is 31.4 Å². The number of likely N-dealkylation sites (tertiary alicyclic amines) is 1. The second-order valence-corrected chi connectivity index (χ2v) is 6.25. The van der Waals surface area contributed by atoms with Gasteiger partial charge < -0.3 is 4.90 Å². The summed E-state index contributed by atoms with van der Waals surface area (Å²) in [6.07, 6.45) is 9.58. The summed E-state index contributed by atoms with van der Waals surface area (Å²) in [6, 6.07) is 6.85. The minimum absolute atomic E-state index is 0.255. The van der Waals surface area contributed by atoms with Crippen LogP contribution in [-0.2, 0) is 12.8 Å². The van der Waals surface area contributed by atoms with Crippen LogP contribution >= 0.6 is 0 Å². The van der Waals surface area contributed by atoms with Gasteiger partial charge in [-0.1, -0.05) is 13.0 Å². The number of carbonyl (C=O) groups excluding carboxylic acids is 1. The zero-order chi connectivity index (χ0) is 13.9. The summed E-state index contributed by atoms with van der Waals surface area (Å²) in [7, 11) is 0. The lowest BCUT2D eigenvalue weighted by atomic mass is 9.90. The average Bonchev–Trinajstić information content (AvgIpc) is 2.53. The number of nitrogens with zero attached hydrogens (tertiary/aromatic N) is 1. The van der Waals surface area contributed by atoms with Crippen molar-refractivity contribution in [2.75, 3.05) is 6.54 Å². The predicted molar refractivity (Wildman–Crippen MR) is 82.1 cm³/mol. The van der Waals surface area contributed by atoms with E-state index in [0.29, 0.717) is 6.04 Å². The normalized spacial score (nSPS) is 22.4. The molecule has 1 aliphatic heterocycles. The summed E-state index contributed by atoms with van der Waals surface area (Å²) in [4.78, 5) is 14.9. The van der Waals surface area contributed by atoms with Gasteiger partial charge in [-0.15, -0.1) is 0 Å². The van der Waals surface area contributed by atoms with Crippen molar-refractivity contribution in [2.45, 2.75) is 64.3 Å². The smallest absolute Gasteiger partial charge is 0.254 e. The maximum atomic E-state index is 12.8. The van der Waals surface area contributed by atoms with E-state index in [-0.39, 0.29) is 5.91 Å². The second kappa shape index (κ2) is 5.99. The largest absolute Gasteiger partial charge is 0.336 e. The van der Waals surface area contributed by atoms with Crippen LogP contribution in [0.3, 0.4) is 0 Å². The Balaban J connectivity index is 1.82. The van der Waals surface area contributed by atoms with E-state index in [2.05, 4.69) is 24.0 Å². The van der Waals surface area contributed by atoms with Crippen molar-refractivity contribution in [3.63, 3.8) is 0 Å². The first-order chi connectivity index (χ1) is 9.79. The molecule has 0 spiro atoms. The lowest BCUT2D eigenvalue weighted by Gasteiger charge is -2.35. The number of hydrogen-bond donors (Lipinski definition) is 0. The molecule has 2 heteroatoms. The van der Waals surface area contributed by atoms with Crippen molar-refractivity contribution in [3.8, 4) is 0 Å². The Morgan fingerprint density at radius 2 is 1.95 bits per heavy atom. The van der Waals surface area contributed by atoms with Gasteiger partial charge in [0.2, 0.25) is 0 Å². The van der Waals surface area contributed by atoms with Gasteiger partial charge in [-0.05, 0) is 74.6 Å². The molecule has 108 valence electrons. The third-order valence-corrected chi connectivity index (χ3v) is 4.95. The minimum Gasteiger partial charge on any atom is -0.336 e. The summed E-state index contributed by atoms with van der Waals surface area (Å²) < 4.78 is 0. The predicted octanol–water partition coefficient (Wildman–Crippen LogP) is 3.97. The Bertz CT molecular complexity index is 494. The molecule has 1 heterocycles. The zero-order valence-corrected chi connectivity index (χ0v) is 12.5. The maximum Gasteiger partial charge on any atom is 0.254 e. The summed E-state index contributed by atoms with van der Waals surface area (Å²) in [5.74, 6) is 0.255. The molecule has 2 aliphatic rings. The van der Waals surface area contributed by atoms with Crippen molar-refractivity contribution in [1.29, 1.82) is 0 Å². The summed E-state index contributed by atoms with van der Waals surface area (Å²) in [6.45, 7) is 3.14. The van der Waals surface area contributed by atoms with E-state index in [1.54, 1.807) is 0 Å². The van der Waals surface area contributed by atoms with E-state index in [1.165, 1.54) is 43.2 Å². The molecular formula is C18H25NO. The molecule has 1 amide bonds. The number of rotatable bonds is 2. The third-order valence-electron chi connectivity index (χ3n) is 4.95. The first kappa shape index (κ1) is 13.7. The first-order valence-corrected chi connectivity index (χ1v) is 8.22. The van der Waals surface area contributed by atoms with Crippen molar-refractivity contribution in [2.24, 2.45) is 0 Å². The molecule has 1 aromatic rings. The second-order valence-electron chi connectivity index (χ2n) is 6.25. The van der Waals surface area contributed by atoms with Crippen molar-refractivity contribution in [3.05, 3.63) is 34.9 Å². The zero-order valence-electron chi connectivity index (χ0n) is 12.5. The Morgan fingerprint density at radius 3 is 2.75 bits per heavy atom. The third kappa shape index (κ3) is 2.61. The highest BCUT2D eigenvalue weighted by Gasteiger charge is 2.26. The highest BCUT2D eigenvalue weighted by atomic mass is 16.2. The Morgan fingerprint density at radius 1 is 1.15 bits per heavy atom. The van der Waals surface area contributed by atoms with Gasteiger partial charge in [0.25, 0.3) is 5.91 Å². The van der Waals surface area contributed by atoms with Gasteiger partial charge in [0.15, 0.2) is 0 Å². The number of aryl methyl sites for hydroxylation is 2. The SMILES string of the molecule is CCC1CCCCN1C(=O)c1ccc2c(c1)CCCC2. The quantitative estimate of drug-likeness (QED) is 0.797. The number of piperidine rings is 1. The van der Waals surface area contributed by atoms with Crippen molar-refractivity contribution >= 4 is 5.91 Å². The molecule has 0 aromatic heterocycles. The molecule has 1 unspecified atom stereocenters. The molecule has 1 saturated heterocycles. The fourth-order valence-corrected chi connectivity index (χ4v) is 3.72. The van der Waals surface area contributed by atoms with E-state index in [1.807, 2.05) is 6.07 Å². The monoisotopic (exact) mass is 271 g/mol. The Hall–Kier alpha value is -1.31. The number of benzene rings is 1. The standard InChI is InChI=1S/C18H25NO/c1-2-17-9-5-6-12-19(17)18(20)16-11-10-14-7-3-4-8-15(14)13-16/h10-11,13,17H,2-9,12H2,1H3. The number of fused-ring (bicyclic) bond motifs is 1. The molecular weight excluding hydrogens is 246 g/mol. The molecule has 1 atom stereocenters. The Kier molecular flexibility index (Phi) is 4.09. The van der Waals surface area contributed by atoms with Gasteiger partial charge >= 0.3 is 0 Å². The van der Waals surface area contributed by atoms with Gasteiger partial charge in [-0.3, -0.25) is 4.79 Å². The fraction of sp³-hybridized carbons (Fsp3) is 0.611. The van der Waals surface area contributed by atoms with Crippen LogP contribution < -0.4 is 0 Å². The van der Waals surface area contributed by atoms with Gasteiger partial charge in [-0.25, -0.2) is 0 Å². The van der Waals surface area contributed by atoms with Crippen LogP contribution in [0.5, 0.6) is 0 Å². The van der Waals surface area contributed by atoms with Crippen LogP contribution in [0.25, 0.3) is 0 Å². The number of carbonyl (C=O) groups is 1. The summed E-state index contributed by atoms with van der Waals surface area (Å²) >= 11 is 0. The molecule has 0 N–H and O–H groups in total. The fourth-order valence-electron chi connectivity index (χ4n) is 3.72. The highest BCUT2D eigenvalue weighted by Crippen LogP contribution is 2.25. The lowest BCUT2D eigenvalue weighted by molar-refractivity contribution is 0.0608. The molecule has 0 saturated carbocycles. The van der Waals surface area contributed by atoms with Crippen LogP contribution in [0.1, 0.15) is 66.9 Å². The molecule has 2 nitrogen and oxygen atoms in total. The molecule has 1 aromatic carbocycles. The molecule has 1 fully saturated rings. The molecule has 0 bridgehead atoms. The van der Waals surface area contributed by atoms with Crippen LogP contribution in [0.4, 0.5) is 0 Å². The number of amides is 1. The van der Waals surface area contributed by atoms with Gasteiger partial charge in [-0.2, -0.15) is 0 Å². The minimum atomic E-state index is 0.255. The molecule has 1 aliphatic carbocycles. The van der Waals surface area contributed by atoms with Crippen LogP contribution in [-0.4, -0.2) is 23.4 Å². The van der Waals surface area contributed by atoms with Crippen LogP contribution in [0, 0.1) is 0 Å². The van der Waals surface area contributed by atoms with E-state index >= 15 is 0 Å².